The van der Waals surface area contributed by atoms with Gasteiger partial charge in [-0.3, -0.25) is 9.78 Å². The van der Waals surface area contributed by atoms with Gasteiger partial charge in [-0.2, -0.15) is 0 Å². The molecule has 2 aromatic rings. The Morgan fingerprint density at radius 3 is 2.75 bits per heavy atom. The lowest BCUT2D eigenvalue weighted by Gasteiger charge is -2.21. The average molecular weight is 407 g/mol. The van der Waals surface area contributed by atoms with Crippen LogP contribution >= 0.6 is 11.6 Å². The van der Waals surface area contributed by atoms with E-state index in [2.05, 4.69) is 9.82 Å². The van der Waals surface area contributed by atoms with Crippen molar-refractivity contribution in [2.24, 2.45) is 0 Å². The number of carbonyl (C=O) groups is 1. The number of aryl methyl sites for hydroxylation is 1. The number of fused-ring (bicyclic) bond motifs is 1. The molecule has 0 radical (unpaired) electrons. The number of aromatic nitrogens is 1. The molecular formula is C19H19ClN2O6. The molecule has 3 rings (SSSR count). The van der Waals surface area contributed by atoms with Gasteiger partial charge < -0.3 is 14.7 Å². The second-order valence-corrected chi connectivity index (χ2v) is 7.14. The zero-order chi connectivity index (χ0) is 20.4. The molecule has 0 aliphatic carbocycles. The average Bonchev–Trinajstić information content (AvgIpc) is 3.04. The van der Waals surface area contributed by atoms with Crippen molar-refractivity contribution in [2.45, 2.75) is 45.0 Å². The molecule has 8 nitrogen and oxygen atoms in total. The lowest BCUT2D eigenvalue weighted by molar-refractivity contribution is -0.767. The van der Waals surface area contributed by atoms with E-state index in [0.29, 0.717) is 16.3 Å². The van der Waals surface area contributed by atoms with Crippen molar-refractivity contribution in [1.29, 1.82) is 0 Å². The Bertz CT molecular complexity index is 902. The molecule has 1 aromatic carbocycles. The molecule has 1 aliphatic heterocycles. The first kappa shape index (κ1) is 20.0. The summed E-state index contributed by atoms with van der Waals surface area (Å²) in [5.74, 6) is -2.09. The van der Waals surface area contributed by atoms with Crippen molar-refractivity contribution in [3.05, 3.63) is 73.5 Å². The number of nitrogens with zero attached hydrogens (tertiary/aromatic N) is 2. The van der Waals surface area contributed by atoms with Gasteiger partial charge in [0.15, 0.2) is 0 Å². The quantitative estimate of drug-likeness (QED) is 0.549. The van der Waals surface area contributed by atoms with Gasteiger partial charge in [-0.1, -0.05) is 23.7 Å². The Hall–Kier alpha value is -2.71. The van der Waals surface area contributed by atoms with Crippen LogP contribution in [0.15, 0.2) is 30.5 Å². The summed E-state index contributed by atoms with van der Waals surface area (Å²) in [4.78, 5) is 31.4. The predicted molar refractivity (Wildman–Crippen MR) is 99.6 cm³/mol. The molecule has 3 atom stereocenters. The molecule has 2 heterocycles. The maximum Gasteiger partial charge on any atom is 0.311 e. The first-order valence-electron chi connectivity index (χ1n) is 8.67. The third-order valence-electron chi connectivity index (χ3n) is 4.79. The Kier molecular flexibility index (Phi) is 5.81. The molecule has 3 unspecified atom stereocenters. The molecule has 0 saturated heterocycles. The molecule has 0 bridgehead atoms. The fourth-order valence-corrected chi connectivity index (χ4v) is 3.70. The van der Waals surface area contributed by atoms with Crippen LogP contribution in [0.2, 0.25) is 5.02 Å². The smallest absolute Gasteiger partial charge is 0.311 e. The molecule has 0 amide bonds. The topological polar surface area (TPSA) is 112 Å². The third-order valence-corrected chi connectivity index (χ3v) is 5.04. The van der Waals surface area contributed by atoms with Crippen molar-refractivity contribution in [2.75, 3.05) is 0 Å². The number of halogens is 1. The summed E-state index contributed by atoms with van der Waals surface area (Å²) in [5, 5.41) is 20.0. The van der Waals surface area contributed by atoms with Crippen molar-refractivity contribution in [3.63, 3.8) is 0 Å². The molecule has 1 N–H and O–H groups in total. The van der Waals surface area contributed by atoms with Crippen molar-refractivity contribution in [3.8, 4) is 0 Å². The minimum Gasteiger partial charge on any atom is -0.481 e. The van der Waals surface area contributed by atoms with Gasteiger partial charge in [-0.05, 0) is 49.1 Å². The summed E-state index contributed by atoms with van der Waals surface area (Å²) in [6, 6.07) is 7.22. The molecule has 0 fully saturated rings. The molecule has 1 aromatic heterocycles. The Labute approximate surface area is 166 Å². The maximum absolute atomic E-state index is 12.0. The lowest BCUT2D eigenvalue weighted by Crippen LogP contribution is -2.23. The first-order chi connectivity index (χ1) is 13.3. The second kappa shape index (κ2) is 8.12. The fraction of sp³-hybridized carbons (Fsp3) is 0.368. The summed E-state index contributed by atoms with van der Waals surface area (Å²) >= 11 is 5.95. The van der Waals surface area contributed by atoms with Gasteiger partial charge >= 0.3 is 5.97 Å². The van der Waals surface area contributed by atoms with Crippen molar-refractivity contribution >= 4 is 17.6 Å². The zero-order valence-corrected chi connectivity index (χ0v) is 16.0. The maximum atomic E-state index is 12.0. The largest absolute Gasteiger partial charge is 0.481 e. The Morgan fingerprint density at radius 1 is 1.46 bits per heavy atom. The van der Waals surface area contributed by atoms with Gasteiger partial charge in [0.2, 0.25) is 0 Å². The van der Waals surface area contributed by atoms with Gasteiger partial charge in [0.25, 0.3) is 5.09 Å². The number of carboxylic acid groups (broad SMARTS) is 1. The summed E-state index contributed by atoms with van der Waals surface area (Å²) < 4.78 is 5.93. The van der Waals surface area contributed by atoms with Crippen LogP contribution in [-0.2, 0) is 21.0 Å². The predicted octanol–water partition coefficient (Wildman–Crippen LogP) is 3.82. The van der Waals surface area contributed by atoms with E-state index in [1.54, 1.807) is 25.3 Å². The highest BCUT2D eigenvalue weighted by molar-refractivity contribution is 6.30. The van der Waals surface area contributed by atoms with Gasteiger partial charge in [-0.15, -0.1) is 10.1 Å². The number of rotatable bonds is 7. The molecular weight excluding hydrogens is 388 g/mol. The number of benzene rings is 1. The van der Waals surface area contributed by atoms with E-state index in [0.717, 1.165) is 16.7 Å². The summed E-state index contributed by atoms with van der Waals surface area (Å²) in [5.41, 5.74) is 3.52. The molecule has 0 saturated carbocycles. The van der Waals surface area contributed by atoms with Crippen LogP contribution in [0, 0.1) is 17.0 Å². The normalized spacial score (nSPS) is 17.6. The number of carboxylic acids is 1. The highest BCUT2D eigenvalue weighted by Gasteiger charge is 2.34. The highest BCUT2D eigenvalue weighted by atomic mass is 35.5. The monoisotopic (exact) mass is 406 g/mol. The van der Waals surface area contributed by atoms with E-state index in [9.17, 15) is 20.0 Å². The summed E-state index contributed by atoms with van der Waals surface area (Å²) in [6.45, 7) is 3.42. The van der Waals surface area contributed by atoms with Crippen LogP contribution in [-0.4, -0.2) is 27.3 Å². The van der Waals surface area contributed by atoms with E-state index >= 15 is 0 Å². The Morgan fingerprint density at radius 2 is 2.14 bits per heavy atom. The number of pyridine rings is 1. The standard InChI is InChI=1S/C19H19ClN2O6/c1-10(28-22(25)26)7-14(19(23)24)17-11(2)21-8-15-16(17)9-27-18(15)12-3-5-13(20)6-4-12/h3-6,8,10,14,18H,7,9H2,1-2H3,(H,23,24). The number of ether oxygens (including phenoxy) is 1. The second-order valence-electron chi connectivity index (χ2n) is 6.70. The minimum atomic E-state index is -1.09. The Balaban J connectivity index is 1.99. The number of hydrogen-bond acceptors (Lipinski definition) is 6. The van der Waals surface area contributed by atoms with Crippen molar-refractivity contribution < 1.29 is 24.6 Å². The molecule has 0 spiro atoms. The summed E-state index contributed by atoms with van der Waals surface area (Å²) in [7, 11) is 0. The van der Waals surface area contributed by atoms with Gasteiger partial charge in [0.05, 0.1) is 12.5 Å². The third kappa shape index (κ3) is 4.07. The van der Waals surface area contributed by atoms with E-state index in [-0.39, 0.29) is 19.1 Å². The number of hydrogen-bond donors (Lipinski definition) is 1. The van der Waals surface area contributed by atoms with E-state index in [4.69, 9.17) is 16.3 Å². The van der Waals surface area contributed by atoms with Crippen LogP contribution in [0.5, 0.6) is 0 Å². The first-order valence-corrected chi connectivity index (χ1v) is 9.05. The lowest BCUT2D eigenvalue weighted by atomic mass is 9.86. The molecule has 148 valence electrons. The molecule has 9 heteroatoms. The van der Waals surface area contributed by atoms with E-state index in [1.807, 2.05) is 12.1 Å². The van der Waals surface area contributed by atoms with Gasteiger partial charge in [-0.25, -0.2) is 0 Å². The highest BCUT2D eigenvalue weighted by Crippen LogP contribution is 2.41. The van der Waals surface area contributed by atoms with Crippen molar-refractivity contribution in [1.82, 2.24) is 4.98 Å². The van der Waals surface area contributed by atoms with E-state index in [1.165, 1.54) is 6.92 Å². The van der Waals surface area contributed by atoms with Crippen LogP contribution in [0.3, 0.4) is 0 Å². The van der Waals surface area contributed by atoms with Crippen LogP contribution in [0.4, 0.5) is 0 Å². The van der Waals surface area contributed by atoms with Gasteiger partial charge in [0, 0.05) is 22.5 Å². The van der Waals surface area contributed by atoms with E-state index < -0.39 is 23.1 Å². The van der Waals surface area contributed by atoms with Crippen LogP contribution in [0.25, 0.3) is 0 Å². The molecule has 1 aliphatic rings. The zero-order valence-electron chi connectivity index (χ0n) is 15.3. The number of aliphatic carboxylic acids is 1. The van der Waals surface area contributed by atoms with Crippen LogP contribution in [0.1, 0.15) is 53.3 Å². The summed E-state index contributed by atoms with van der Waals surface area (Å²) in [6.07, 6.45) is 0.388. The van der Waals surface area contributed by atoms with Gasteiger partial charge in [0.1, 0.15) is 12.2 Å². The SMILES string of the molecule is Cc1ncc2c(c1C(CC(C)O[N+](=O)[O-])C(=O)O)COC2c1ccc(Cl)cc1. The van der Waals surface area contributed by atoms with Crippen LogP contribution < -0.4 is 0 Å². The molecule has 28 heavy (non-hydrogen) atoms. The minimum absolute atomic E-state index is 0.0547. The fourth-order valence-electron chi connectivity index (χ4n) is 3.57.